The smallest absolute Gasteiger partial charge is 0.192 e. The molecule has 0 atom stereocenters. The second kappa shape index (κ2) is 6.57. The monoisotopic (exact) mass is 352 g/mol. The van der Waals surface area contributed by atoms with Gasteiger partial charge in [-0.2, -0.15) is 0 Å². The third kappa shape index (κ3) is 3.05. The van der Waals surface area contributed by atoms with E-state index in [0.29, 0.717) is 10.4 Å². The molecular weight excluding hydrogens is 332 g/mol. The number of pyridine rings is 1. The molecule has 0 unspecified atom stereocenters. The molecule has 0 saturated carbocycles. The summed E-state index contributed by atoms with van der Waals surface area (Å²) < 4.78 is 0. The largest absolute Gasteiger partial charge is 0.372 e. The minimum absolute atomic E-state index is 0.0560. The summed E-state index contributed by atoms with van der Waals surface area (Å²) in [5.74, 6) is 0. The maximum Gasteiger partial charge on any atom is 0.192 e. The van der Waals surface area contributed by atoms with Gasteiger partial charge in [-0.15, -0.1) is 0 Å². The summed E-state index contributed by atoms with van der Waals surface area (Å²) in [6.45, 7) is 4.13. The summed E-state index contributed by atoms with van der Waals surface area (Å²) in [6.07, 6.45) is 3.86. The van der Waals surface area contributed by atoms with E-state index in [1.165, 1.54) is 24.9 Å². The number of anilines is 1. The van der Waals surface area contributed by atoms with Gasteiger partial charge in [0.05, 0.1) is 11.2 Å². The Hall–Kier alpha value is -2.26. The Labute approximate surface area is 152 Å². The van der Waals surface area contributed by atoms with Crippen LogP contribution >= 0.6 is 11.6 Å². The highest BCUT2D eigenvalue weighted by Gasteiger charge is 2.13. The van der Waals surface area contributed by atoms with Gasteiger partial charge >= 0.3 is 0 Å². The van der Waals surface area contributed by atoms with Crippen molar-refractivity contribution in [2.45, 2.75) is 26.2 Å². The molecule has 128 valence electrons. The van der Waals surface area contributed by atoms with Crippen molar-refractivity contribution in [3.05, 3.63) is 63.3 Å². The molecule has 3 nitrogen and oxygen atoms in total. The SMILES string of the molecule is Cc1c(-c2ccc(N3CCCCC3)cc2)[nH]c2cc(Cl)ccc2c1=O. The number of fused-ring (bicyclic) bond motifs is 1. The highest BCUT2D eigenvalue weighted by atomic mass is 35.5. The first-order chi connectivity index (χ1) is 12.1. The van der Waals surface area contributed by atoms with Gasteiger partial charge in [0.25, 0.3) is 0 Å². The van der Waals surface area contributed by atoms with Crippen LogP contribution in [-0.4, -0.2) is 18.1 Å². The van der Waals surface area contributed by atoms with Gasteiger partial charge < -0.3 is 9.88 Å². The van der Waals surface area contributed by atoms with Gasteiger partial charge in [0.1, 0.15) is 0 Å². The Bertz CT molecular complexity index is 970. The van der Waals surface area contributed by atoms with Crippen molar-refractivity contribution in [2.24, 2.45) is 0 Å². The molecule has 0 radical (unpaired) electrons. The molecule has 2 heterocycles. The van der Waals surface area contributed by atoms with E-state index in [1.54, 1.807) is 12.1 Å². The average molecular weight is 353 g/mol. The van der Waals surface area contributed by atoms with E-state index >= 15 is 0 Å². The standard InChI is InChI=1S/C21H21ClN2O/c1-14-20(23-19-13-16(22)7-10-18(19)21(14)25)15-5-8-17(9-6-15)24-11-3-2-4-12-24/h5-10,13H,2-4,11-12H2,1H3,(H,23,25). The fraction of sp³-hybridized carbons (Fsp3) is 0.286. The van der Waals surface area contributed by atoms with Gasteiger partial charge in [-0.25, -0.2) is 0 Å². The highest BCUT2D eigenvalue weighted by molar-refractivity contribution is 6.31. The van der Waals surface area contributed by atoms with Crippen molar-refractivity contribution in [3.8, 4) is 11.3 Å². The number of benzene rings is 2. The van der Waals surface area contributed by atoms with Crippen LogP contribution in [0.4, 0.5) is 5.69 Å². The normalized spacial score (nSPS) is 14.9. The summed E-state index contributed by atoms with van der Waals surface area (Å²) in [4.78, 5) is 18.5. The van der Waals surface area contributed by atoms with Crippen LogP contribution in [0.25, 0.3) is 22.2 Å². The lowest BCUT2D eigenvalue weighted by molar-refractivity contribution is 0.578. The molecule has 1 fully saturated rings. The Morgan fingerprint density at radius 2 is 1.72 bits per heavy atom. The second-order valence-electron chi connectivity index (χ2n) is 6.74. The number of hydrogen-bond donors (Lipinski definition) is 1. The van der Waals surface area contributed by atoms with Crippen LogP contribution in [-0.2, 0) is 0 Å². The lowest BCUT2D eigenvalue weighted by Gasteiger charge is -2.28. The molecule has 1 aliphatic heterocycles. The Kier molecular flexibility index (Phi) is 4.26. The van der Waals surface area contributed by atoms with Crippen molar-refractivity contribution >= 4 is 28.2 Å². The number of piperidine rings is 1. The topological polar surface area (TPSA) is 36.1 Å². The molecule has 0 amide bonds. The fourth-order valence-electron chi connectivity index (χ4n) is 3.64. The lowest BCUT2D eigenvalue weighted by Crippen LogP contribution is -2.29. The van der Waals surface area contributed by atoms with Crippen LogP contribution in [0.15, 0.2) is 47.3 Å². The van der Waals surface area contributed by atoms with Crippen molar-refractivity contribution in [3.63, 3.8) is 0 Å². The maximum absolute atomic E-state index is 12.7. The number of nitrogens with one attached hydrogen (secondary N) is 1. The molecule has 3 aromatic rings. The number of aromatic amines is 1. The average Bonchev–Trinajstić information content (AvgIpc) is 2.65. The van der Waals surface area contributed by atoms with Crippen LogP contribution < -0.4 is 10.3 Å². The Balaban J connectivity index is 1.76. The molecular formula is C21H21ClN2O. The van der Waals surface area contributed by atoms with Crippen LogP contribution in [0.1, 0.15) is 24.8 Å². The van der Waals surface area contributed by atoms with Crippen LogP contribution in [0.3, 0.4) is 0 Å². The summed E-state index contributed by atoms with van der Waals surface area (Å²) >= 11 is 6.09. The van der Waals surface area contributed by atoms with Crippen molar-refractivity contribution in [1.29, 1.82) is 0 Å². The number of rotatable bonds is 2. The first kappa shape index (κ1) is 16.2. The molecule has 1 aliphatic rings. The van der Waals surface area contributed by atoms with E-state index in [4.69, 9.17) is 11.6 Å². The van der Waals surface area contributed by atoms with Gasteiger partial charge in [0.15, 0.2) is 5.43 Å². The summed E-state index contributed by atoms with van der Waals surface area (Å²) in [5.41, 5.74) is 4.72. The molecule has 1 saturated heterocycles. The third-order valence-electron chi connectivity index (χ3n) is 5.08. The number of aromatic nitrogens is 1. The minimum atomic E-state index is 0.0560. The zero-order chi connectivity index (χ0) is 17.4. The molecule has 2 aromatic carbocycles. The number of hydrogen-bond acceptors (Lipinski definition) is 2. The molecule has 0 spiro atoms. The molecule has 0 aliphatic carbocycles. The number of halogens is 1. The van der Waals surface area contributed by atoms with E-state index in [-0.39, 0.29) is 5.43 Å². The van der Waals surface area contributed by atoms with Gasteiger partial charge in [-0.1, -0.05) is 23.7 Å². The molecule has 25 heavy (non-hydrogen) atoms. The van der Waals surface area contributed by atoms with E-state index in [2.05, 4.69) is 34.1 Å². The van der Waals surface area contributed by atoms with E-state index in [1.807, 2.05) is 13.0 Å². The molecule has 1 N–H and O–H groups in total. The van der Waals surface area contributed by atoms with Crippen LogP contribution in [0, 0.1) is 6.92 Å². The van der Waals surface area contributed by atoms with Gasteiger partial charge in [-0.3, -0.25) is 4.79 Å². The van der Waals surface area contributed by atoms with Gasteiger partial charge in [0, 0.05) is 34.7 Å². The van der Waals surface area contributed by atoms with Crippen molar-refractivity contribution < 1.29 is 0 Å². The second-order valence-corrected chi connectivity index (χ2v) is 7.18. The zero-order valence-corrected chi connectivity index (χ0v) is 15.1. The third-order valence-corrected chi connectivity index (χ3v) is 5.31. The van der Waals surface area contributed by atoms with E-state index in [9.17, 15) is 4.79 Å². The lowest BCUT2D eigenvalue weighted by atomic mass is 10.0. The Morgan fingerprint density at radius 1 is 1.00 bits per heavy atom. The predicted molar refractivity (Wildman–Crippen MR) is 106 cm³/mol. The minimum Gasteiger partial charge on any atom is -0.372 e. The summed E-state index contributed by atoms with van der Waals surface area (Å²) in [6, 6.07) is 13.8. The summed E-state index contributed by atoms with van der Waals surface area (Å²) in [5, 5.41) is 1.30. The van der Waals surface area contributed by atoms with E-state index in [0.717, 1.165) is 35.4 Å². The first-order valence-electron chi connectivity index (χ1n) is 8.81. The number of nitrogens with zero attached hydrogens (tertiary/aromatic N) is 1. The first-order valence-corrected chi connectivity index (χ1v) is 9.19. The van der Waals surface area contributed by atoms with Gasteiger partial charge in [-0.05, 0) is 62.1 Å². The molecule has 0 bridgehead atoms. The number of H-pyrrole nitrogens is 1. The highest BCUT2D eigenvalue weighted by Crippen LogP contribution is 2.27. The quantitative estimate of drug-likeness (QED) is 0.692. The van der Waals surface area contributed by atoms with Crippen molar-refractivity contribution in [1.82, 2.24) is 4.98 Å². The Morgan fingerprint density at radius 3 is 2.44 bits per heavy atom. The molecule has 4 heteroatoms. The fourth-order valence-corrected chi connectivity index (χ4v) is 3.81. The summed E-state index contributed by atoms with van der Waals surface area (Å²) in [7, 11) is 0. The molecule has 4 rings (SSSR count). The van der Waals surface area contributed by atoms with Gasteiger partial charge in [0.2, 0.25) is 0 Å². The van der Waals surface area contributed by atoms with Crippen LogP contribution in [0.2, 0.25) is 5.02 Å². The molecule has 1 aromatic heterocycles. The van der Waals surface area contributed by atoms with E-state index < -0.39 is 0 Å². The predicted octanol–water partition coefficient (Wildman–Crippen LogP) is 5.15. The van der Waals surface area contributed by atoms with Crippen molar-refractivity contribution in [2.75, 3.05) is 18.0 Å². The maximum atomic E-state index is 12.7. The zero-order valence-electron chi connectivity index (χ0n) is 14.3. The van der Waals surface area contributed by atoms with Crippen LogP contribution in [0.5, 0.6) is 0 Å².